The number of amides is 1. The Hall–Kier alpha value is -0.570. The van der Waals surface area contributed by atoms with Gasteiger partial charge in [0.2, 0.25) is 5.91 Å². The summed E-state index contributed by atoms with van der Waals surface area (Å²) in [6.07, 6.45) is 11.8. The van der Waals surface area contributed by atoms with Crippen molar-refractivity contribution in [2.45, 2.75) is 78.1 Å². The number of hydrogen-bond acceptors (Lipinski definition) is 2. The molecular formula is C18H36N2O. The maximum Gasteiger partial charge on any atom is 0.222 e. The number of nitrogens with zero attached hydrogens (tertiary/aromatic N) is 1. The minimum absolute atomic E-state index is 0.390. The molecule has 0 bridgehead atoms. The first kappa shape index (κ1) is 18.5. The second-order valence-corrected chi connectivity index (χ2v) is 6.80. The third kappa shape index (κ3) is 6.37. The number of nitrogens with one attached hydrogen (secondary N) is 1. The Balaban J connectivity index is 2.28. The highest BCUT2D eigenvalue weighted by Crippen LogP contribution is 2.40. The zero-order valence-corrected chi connectivity index (χ0v) is 14.5. The molecule has 1 N–H and O–H groups in total. The van der Waals surface area contributed by atoms with Crippen LogP contribution in [0, 0.1) is 5.41 Å². The monoisotopic (exact) mass is 296 g/mol. The molecule has 3 heteroatoms. The molecule has 0 aromatic carbocycles. The molecule has 0 saturated carbocycles. The van der Waals surface area contributed by atoms with E-state index in [1.165, 1.54) is 44.9 Å². The average molecular weight is 296 g/mol. The molecule has 124 valence electrons. The molecule has 0 spiro atoms. The maximum atomic E-state index is 12.3. The summed E-state index contributed by atoms with van der Waals surface area (Å²) in [5.74, 6) is 0.390. The summed E-state index contributed by atoms with van der Waals surface area (Å²) in [6.45, 7) is 7.64. The van der Waals surface area contributed by atoms with Gasteiger partial charge in [-0.15, -0.1) is 0 Å². The second kappa shape index (κ2) is 10.2. The molecule has 21 heavy (non-hydrogen) atoms. The van der Waals surface area contributed by atoms with E-state index < -0.39 is 0 Å². The molecule has 0 atom stereocenters. The number of likely N-dealkylation sites (tertiary alicyclic amines) is 1. The van der Waals surface area contributed by atoms with Crippen molar-refractivity contribution >= 4 is 5.91 Å². The first-order valence-corrected chi connectivity index (χ1v) is 9.10. The molecule has 1 aliphatic heterocycles. The van der Waals surface area contributed by atoms with Crippen molar-refractivity contribution in [2.24, 2.45) is 5.41 Å². The van der Waals surface area contributed by atoms with Gasteiger partial charge >= 0.3 is 0 Å². The molecule has 0 aromatic heterocycles. The largest absolute Gasteiger partial charge is 0.343 e. The van der Waals surface area contributed by atoms with E-state index in [1.807, 2.05) is 7.05 Å². The van der Waals surface area contributed by atoms with Gasteiger partial charge < -0.3 is 10.2 Å². The average Bonchev–Trinajstić information content (AvgIpc) is 2.48. The van der Waals surface area contributed by atoms with E-state index in [0.29, 0.717) is 11.3 Å². The lowest BCUT2D eigenvalue weighted by atomic mass is 9.72. The van der Waals surface area contributed by atoms with Gasteiger partial charge in [0.05, 0.1) is 0 Å². The van der Waals surface area contributed by atoms with Crippen LogP contribution in [0.3, 0.4) is 0 Å². The Kier molecular flexibility index (Phi) is 8.98. The summed E-state index contributed by atoms with van der Waals surface area (Å²) >= 11 is 0. The van der Waals surface area contributed by atoms with Crippen molar-refractivity contribution in [3.63, 3.8) is 0 Å². The topological polar surface area (TPSA) is 32.3 Å². The minimum Gasteiger partial charge on any atom is -0.343 e. The maximum absolute atomic E-state index is 12.3. The lowest BCUT2D eigenvalue weighted by molar-refractivity contribution is -0.133. The van der Waals surface area contributed by atoms with Crippen molar-refractivity contribution in [3.8, 4) is 0 Å². The van der Waals surface area contributed by atoms with E-state index in [9.17, 15) is 4.79 Å². The smallest absolute Gasteiger partial charge is 0.222 e. The van der Waals surface area contributed by atoms with Crippen molar-refractivity contribution in [3.05, 3.63) is 0 Å². The van der Waals surface area contributed by atoms with Crippen LogP contribution in [0.4, 0.5) is 0 Å². The highest BCUT2D eigenvalue weighted by atomic mass is 16.2. The van der Waals surface area contributed by atoms with Crippen molar-refractivity contribution in [1.29, 1.82) is 0 Å². The van der Waals surface area contributed by atoms with E-state index in [4.69, 9.17) is 0 Å². The lowest BCUT2D eigenvalue weighted by Crippen LogP contribution is -2.43. The minimum atomic E-state index is 0.390. The Morgan fingerprint density at radius 3 is 2.19 bits per heavy atom. The predicted octanol–water partition coefficient (Wildman–Crippen LogP) is 3.98. The van der Waals surface area contributed by atoms with Crippen LogP contribution >= 0.6 is 0 Å². The highest BCUT2D eigenvalue weighted by molar-refractivity contribution is 5.76. The molecule has 1 heterocycles. The fourth-order valence-electron chi connectivity index (χ4n) is 3.83. The first-order chi connectivity index (χ1) is 10.2. The van der Waals surface area contributed by atoms with Crippen LogP contribution in [0.25, 0.3) is 0 Å². The molecule has 1 amide bonds. The van der Waals surface area contributed by atoms with Crippen LogP contribution in [0.15, 0.2) is 0 Å². The summed E-state index contributed by atoms with van der Waals surface area (Å²) in [7, 11) is 1.98. The number of hydrogen-bond donors (Lipinski definition) is 1. The zero-order chi connectivity index (χ0) is 15.6. The third-order valence-electron chi connectivity index (χ3n) is 5.05. The molecule has 0 aliphatic carbocycles. The second-order valence-electron chi connectivity index (χ2n) is 6.80. The highest BCUT2D eigenvalue weighted by Gasteiger charge is 2.33. The Bertz CT molecular complexity index is 275. The Morgan fingerprint density at radius 1 is 1.05 bits per heavy atom. The van der Waals surface area contributed by atoms with Gasteiger partial charge in [-0.2, -0.15) is 0 Å². The van der Waals surface area contributed by atoms with Gasteiger partial charge in [0.25, 0.3) is 0 Å². The van der Waals surface area contributed by atoms with E-state index in [2.05, 4.69) is 24.1 Å². The zero-order valence-electron chi connectivity index (χ0n) is 14.5. The number of carbonyl (C=O) groups excluding carboxylic acids is 1. The summed E-state index contributed by atoms with van der Waals surface area (Å²) in [5, 5.41) is 3.16. The van der Waals surface area contributed by atoms with Crippen LogP contribution in [-0.4, -0.2) is 37.5 Å². The van der Waals surface area contributed by atoms with Crippen LogP contribution in [0.1, 0.15) is 78.1 Å². The molecular weight excluding hydrogens is 260 g/mol. The van der Waals surface area contributed by atoms with Crippen molar-refractivity contribution < 1.29 is 4.79 Å². The Morgan fingerprint density at radius 2 is 1.67 bits per heavy atom. The number of piperidine rings is 1. The fraction of sp³-hybridized carbons (Fsp3) is 0.944. The molecule has 0 radical (unpaired) electrons. The van der Waals surface area contributed by atoms with Gasteiger partial charge in [-0.3, -0.25) is 4.79 Å². The molecule has 1 aliphatic rings. The van der Waals surface area contributed by atoms with Crippen LogP contribution in [-0.2, 0) is 4.79 Å². The van der Waals surface area contributed by atoms with Crippen LogP contribution in [0.5, 0.6) is 0 Å². The van der Waals surface area contributed by atoms with Gasteiger partial charge in [-0.25, -0.2) is 0 Å². The normalized spacial score (nSPS) is 18.0. The van der Waals surface area contributed by atoms with Gasteiger partial charge in [-0.05, 0) is 57.5 Å². The summed E-state index contributed by atoms with van der Waals surface area (Å²) < 4.78 is 0. The molecule has 1 saturated heterocycles. The number of unbranched alkanes of at least 4 members (excludes halogenated alkanes) is 2. The predicted molar refractivity (Wildman–Crippen MR) is 90.5 cm³/mol. The van der Waals surface area contributed by atoms with Crippen LogP contribution in [0.2, 0.25) is 0 Å². The van der Waals surface area contributed by atoms with E-state index >= 15 is 0 Å². The van der Waals surface area contributed by atoms with E-state index in [1.54, 1.807) is 0 Å². The Labute approximate surface area is 131 Å². The standard InChI is InChI=1S/C18H36N2O/c1-4-10-18(11-5-2)12-15-20(16-13-18)17(21)9-7-6-8-14-19-3/h19H,4-16H2,1-3H3. The van der Waals surface area contributed by atoms with E-state index in [-0.39, 0.29) is 0 Å². The van der Waals surface area contributed by atoms with Gasteiger partial charge in [0, 0.05) is 19.5 Å². The van der Waals surface area contributed by atoms with Crippen molar-refractivity contribution in [2.75, 3.05) is 26.7 Å². The number of rotatable bonds is 10. The summed E-state index contributed by atoms with van der Waals surface area (Å²) in [4.78, 5) is 14.4. The van der Waals surface area contributed by atoms with Gasteiger partial charge in [0.1, 0.15) is 0 Å². The van der Waals surface area contributed by atoms with Crippen LogP contribution < -0.4 is 5.32 Å². The summed E-state index contributed by atoms with van der Waals surface area (Å²) in [6, 6.07) is 0. The molecule has 1 fully saturated rings. The van der Waals surface area contributed by atoms with Gasteiger partial charge in [-0.1, -0.05) is 33.1 Å². The lowest BCUT2D eigenvalue weighted by Gasteiger charge is -2.42. The summed E-state index contributed by atoms with van der Waals surface area (Å²) in [5.41, 5.74) is 0.535. The quantitative estimate of drug-likeness (QED) is 0.619. The van der Waals surface area contributed by atoms with E-state index in [0.717, 1.165) is 38.9 Å². The first-order valence-electron chi connectivity index (χ1n) is 9.10. The molecule has 0 unspecified atom stereocenters. The fourth-order valence-corrected chi connectivity index (χ4v) is 3.83. The molecule has 1 rings (SSSR count). The number of carbonyl (C=O) groups is 1. The SMILES string of the molecule is CCCC1(CCC)CCN(C(=O)CCCCCNC)CC1. The van der Waals surface area contributed by atoms with Crippen molar-refractivity contribution in [1.82, 2.24) is 10.2 Å². The third-order valence-corrected chi connectivity index (χ3v) is 5.05. The van der Waals surface area contributed by atoms with Gasteiger partial charge in [0.15, 0.2) is 0 Å². The molecule has 3 nitrogen and oxygen atoms in total. The molecule has 0 aromatic rings.